The first-order chi connectivity index (χ1) is 8.90. The average Bonchev–Trinajstić information content (AvgIpc) is 2.74. The predicted octanol–water partition coefficient (Wildman–Crippen LogP) is 1.71. The first-order valence-corrected chi connectivity index (χ1v) is 6.35. The maximum Gasteiger partial charge on any atom is 0.308 e. The molecule has 0 saturated carbocycles. The number of nitrogens with two attached hydrogens (primary N) is 1. The molecule has 2 rings (SSSR count). The number of hydrogen-bond acceptors (Lipinski definition) is 3. The summed E-state index contributed by atoms with van der Waals surface area (Å²) in [6.45, 7) is 2.51. The minimum atomic E-state index is -0.863. The number of carboxylic acid groups (broad SMARTS) is 1. The van der Waals surface area contributed by atoms with Gasteiger partial charge in [0.2, 0.25) is 0 Å². The molecule has 1 aliphatic heterocycles. The van der Waals surface area contributed by atoms with E-state index < -0.39 is 11.9 Å². The zero-order valence-corrected chi connectivity index (χ0v) is 11.2. The predicted molar refractivity (Wildman–Crippen MR) is 72.1 cm³/mol. The Morgan fingerprint density at radius 2 is 2.11 bits per heavy atom. The van der Waals surface area contributed by atoms with Crippen molar-refractivity contribution in [2.45, 2.75) is 6.92 Å². The number of halogens is 1. The van der Waals surface area contributed by atoms with Crippen LogP contribution in [0, 0.1) is 11.8 Å². The summed E-state index contributed by atoms with van der Waals surface area (Å²) in [7, 11) is 0. The number of nitrogens with zero attached hydrogens (tertiary/aromatic N) is 1. The number of benzene rings is 1. The third kappa shape index (κ3) is 2.66. The molecule has 5 nitrogen and oxygen atoms in total. The van der Waals surface area contributed by atoms with Crippen molar-refractivity contribution >= 4 is 29.2 Å². The third-order valence-electron chi connectivity index (χ3n) is 3.46. The molecule has 0 aliphatic carbocycles. The molecule has 6 heteroatoms. The molecule has 102 valence electrons. The van der Waals surface area contributed by atoms with Crippen LogP contribution in [0.1, 0.15) is 17.3 Å². The molecule has 2 atom stereocenters. The van der Waals surface area contributed by atoms with Gasteiger partial charge >= 0.3 is 5.97 Å². The monoisotopic (exact) mass is 282 g/mol. The fourth-order valence-electron chi connectivity index (χ4n) is 2.31. The van der Waals surface area contributed by atoms with Gasteiger partial charge in [0.25, 0.3) is 5.91 Å². The van der Waals surface area contributed by atoms with Crippen molar-refractivity contribution in [3.05, 3.63) is 28.8 Å². The van der Waals surface area contributed by atoms with Crippen molar-refractivity contribution in [2.24, 2.45) is 11.8 Å². The first kappa shape index (κ1) is 13.7. The lowest BCUT2D eigenvalue weighted by atomic mass is 9.99. The van der Waals surface area contributed by atoms with Crippen molar-refractivity contribution in [1.29, 1.82) is 0 Å². The molecule has 1 aromatic carbocycles. The number of aliphatic carboxylic acids is 1. The Hall–Kier alpha value is -1.75. The molecule has 1 heterocycles. The van der Waals surface area contributed by atoms with E-state index in [1.807, 2.05) is 6.92 Å². The van der Waals surface area contributed by atoms with E-state index in [1.165, 1.54) is 6.07 Å². The molecule has 0 aromatic heterocycles. The summed E-state index contributed by atoms with van der Waals surface area (Å²) in [5.41, 5.74) is 6.44. The van der Waals surface area contributed by atoms with E-state index in [9.17, 15) is 9.59 Å². The van der Waals surface area contributed by atoms with Gasteiger partial charge in [0, 0.05) is 18.7 Å². The molecule has 1 amide bonds. The van der Waals surface area contributed by atoms with E-state index in [4.69, 9.17) is 22.4 Å². The van der Waals surface area contributed by atoms with Gasteiger partial charge in [-0.3, -0.25) is 9.59 Å². The highest BCUT2D eigenvalue weighted by Crippen LogP contribution is 2.26. The van der Waals surface area contributed by atoms with Crippen molar-refractivity contribution in [3.8, 4) is 0 Å². The Kier molecular flexibility index (Phi) is 3.66. The van der Waals surface area contributed by atoms with Gasteiger partial charge in [-0.2, -0.15) is 0 Å². The Balaban J connectivity index is 2.17. The fraction of sp³-hybridized carbons (Fsp3) is 0.385. The largest absolute Gasteiger partial charge is 0.481 e. The molecule has 0 radical (unpaired) electrons. The molecular formula is C13H15ClN2O3. The lowest BCUT2D eigenvalue weighted by molar-refractivity contribution is -0.142. The van der Waals surface area contributed by atoms with Gasteiger partial charge in [-0.05, 0) is 24.1 Å². The van der Waals surface area contributed by atoms with Crippen LogP contribution in [0.3, 0.4) is 0 Å². The summed E-state index contributed by atoms with van der Waals surface area (Å²) in [5.74, 6) is -1.63. The normalized spacial score (nSPS) is 22.5. The van der Waals surface area contributed by atoms with Gasteiger partial charge in [-0.1, -0.05) is 18.5 Å². The summed E-state index contributed by atoms with van der Waals surface area (Å²) >= 11 is 5.81. The lowest BCUT2D eigenvalue weighted by Gasteiger charge is -2.16. The quantitative estimate of drug-likeness (QED) is 0.809. The van der Waals surface area contributed by atoms with Crippen LogP contribution in [-0.4, -0.2) is 35.0 Å². The third-order valence-corrected chi connectivity index (χ3v) is 3.80. The average molecular weight is 283 g/mol. The molecule has 0 bridgehead atoms. The molecule has 1 aromatic rings. The van der Waals surface area contributed by atoms with Crippen molar-refractivity contribution < 1.29 is 14.7 Å². The SMILES string of the molecule is CC1CN(C(=O)c2ccc(Cl)c(N)c2)CC1C(=O)O. The number of amides is 1. The number of nitrogen functional groups attached to an aromatic ring is 1. The number of likely N-dealkylation sites (tertiary alicyclic amines) is 1. The second-order valence-corrected chi connectivity index (χ2v) is 5.28. The van der Waals surface area contributed by atoms with Crippen LogP contribution in [0.4, 0.5) is 5.69 Å². The van der Waals surface area contributed by atoms with Gasteiger partial charge in [0.1, 0.15) is 0 Å². The Morgan fingerprint density at radius 3 is 2.63 bits per heavy atom. The Morgan fingerprint density at radius 1 is 1.42 bits per heavy atom. The van der Waals surface area contributed by atoms with E-state index in [1.54, 1.807) is 17.0 Å². The number of anilines is 1. The molecule has 1 saturated heterocycles. The summed E-state index contributed by atoms with van der Waals surface area (Å²) in [5, 5.41) is 9.46. The van der Waals surface area contributed by atoms with Crippen LogP contribution in [0.5, 0.6) is 0 Å². The van der Waals surface area contributed by atoms with Crippen LogP contribution < -0.4 is 5.73 Å². The lowest BCUT2D eigenvalue weighted by Crippen LogP contribution is -2.30. The van der Waals surface area contributed by atoms with E-state index in [0.29, 0.717) is 22.8 Å². The van der Waals surface area contributed by atoms with Crippen LogP contribution in [0.15, 0.2) is 18.2 Å². The van der Waals surface area contributed by atoms with Crippen LogP contribution in [0.2, 0.25) is 5.02 Å². The number of rotatable bonds is 2. The Bertz CT molecular complexity index is 533. The number of carbonyl (C=O) groups excluding carboxylic acids is 1. The molecule has 19 heavy (non-hydrogen) atoms. The summed E-state index contributed by atoms with van der Waals surface area (Å²) < 4.78 is 0. The summed E-state index contributed by atoms with van der Waals surface area (Å²) in [6.07, 6.45) is 0. The summed E-state index contributed by atoms with van der Waals surface area (Å²) in [4.78, 5) is 24.8. The van der Waals surface area contributed by atoms with E-state index in [0.717, 1.165) is 0 Å². The summed E-state index contributed by atoms with van der Waals surface area (Å²) in [6, 6.07) is 4.68. The number of carbonyl (C=O) groups is 2. The molecule has 3 N–H and O–H groups in total. The highest BCUT2D eigenvalue weighted by atomic mass is 35.5. The van der Waals surface area contributed by atoms with E-state index in [-0.39, 0.29) is 18.4 Å². The second-order valence-electron chi connectivity index (χ2n) is 4.87. The standard InChI is InChI=1S/C13H15ClN2O3/c1-7-5-16(6-9(7)13(18)19)12(17)8-2-3-10(14)11(15)4-8/h2-4,7,9H,5-6,15H2,1H3,(H,18,19). The van der Waals surface area contributed by atoms with Gasteiger partial charge < -0.3 is 15.7 Å². The molecule has 1 aliphatic rings. The maximum absolute atomic E-state index is 12.3. The highest BCUT2D eigenvalue weighted by molar-refractivity contribution is 6.33. The smallest absolute Gasteiger partial charge is 0.308 e. The zero-order chi connectivity index (χ0) is 14.2. The number of carboxylic acids is 1. The van der Waals surface area contributed by atoms with Crippen LogP contribution >= 0.6 is 11.6 Å². The molecule has 1 fully saturated rings. The fourth-order valence-corrected chi connectivity index (χ4v) is 2.43. The first-order valence-electron chi connectivity index (χ1n) is 5.97. The number of hydrogen-bond donors (Lipinski definition) is 2. The van der Waals surface area contributed by atoms with Crippen LogP contribution in [-0.2, 0) is 4.79 Å². The van der Waals surface area contributed by atoms with E-state index >= 15 is 0 Å². The Labute approximate surface area is 116 Å². The topological polar surface area (TPSA) is 83.6 Å². The second kappa shape index (κ2) is 5.09. The minimum Gasteiger partial charge on any atom is -0.481 e. The van der Waals surface area contributed by atoms with Gasteiger partial charge in [0.05, 0.1) is 16.6 Å². The molecule has 0 spiro atoms. The zero-order valence-electron chi connectivity index (χ0n) is 10.5. The van der Waals surface area contributed by atoms with Gasteiger partial charge in [0.15, 0.2) is 0 Å². The highest BCUT2D eigenvalue weighted by Gasteiger charge is 2.37. The van der Waals surface area contributed by atoms with Crippen LogP contribution in [0.25, 0.3) is 0 Å². The van der Waals surface area contributed by atoms with Crippen molar-refractivity contribution in [3.63, 3.8) is 0 Å². The van der Waals surface area contributed by atoms with Gasteiger partial charge in [-0.25, -0.2) is 0 Å². The van der Waals surface area contributed by atoms with E-state index in [2.05, 4.69) is 0 Å². The van der Waals surface area contributed by atoms with Crippen molar-refractivity contribution in [2.75, 3.05) is 18.8 Å². The maximum atomic E-state index is 12.3. The molecular weight excluding hydrogens is 268 g/mol. The van der Waals surface area contributed by atoms with Crippen molar-refractivity contribution in [1.82, 2.24) is 4.90 Å². The molecule has 2 unspecified atom stereocenters. The minimum absolute atomic E-state index is 0.0499. The van der Waals surface area contributed by atoms with Gasteiger partial charge in [-0.15, -0.1) is 0 Å².